The van der Waals surface area contributed by atoms with Gasteiger partial charge in [0.15, 0.2) is 0 Å². The molecule has 0 saturated carbocycles. The maximum Gasteiger partial charge on any atom is 0.319 e. The molecule has 0 aromatic carbocycles. The molecule has 0 aliphatic carbocycles. The lowest BCUT2D eigenvalue weighted by atomic mass is 10.2. The van der Waals surface area contributed by atoms with Gasteiger partial charge in [0.1, 0.15) is 0 Å². The normalized spacial score (nSPS) is 23.7. The molecule has 0 spiro atoms. The lowest BCUT2D eigenvalue weighted by molar-refractivity contribution is 0.128. The Morgan fingerprint density at radius 2 is 1.15 bits per heavy atom. The maximum atomic E-state index is 11.8. The molecule has 0 aromatic heterocycles. The SMILES string of the molecule is O=C(N1CCCCCC1)N1CCC1. The Morgan fingerprint density at radius 3 is 1.54 bits per heavy atom. The largest absolute Gasteiger partial charge is 0.325 e. The van der Waals surface area contributed by atoms with Crippen LogP contribution in [0.2, 0.25) is 0 Å². The second kappa shape index (κ2) is 3.99. The Kier molecular flexibility index (Phi) is 2.71. The predicted molar refractivity (Wildman–Crippen MR) is 51.6 cm³/mol. The third kappa shape index (κ3) is 1.95. The number of urea groups is 1. The van der Waals surface area contributed by atoms with Crippen LogP contribution in [0, 0.1) is 0 Å². The second-order valence-corrected chi connectivity index (χ2v) is 4.02. The van der Waals surface area contributed by atoms with Crippen molar-refractivity contribution in [3.05, 3.63) is 0 Å². The Morgan fingerprint density at radius 1 is 0.692 bits per heavy atom. The Bertz CT molecular complexity index is 181. The van der Waals surface area contributed by atoms with Crippen molar-refractivity contribution in [3.8, 4) is 0 Å². The van der Waals surface area contributed by atoms with E-state index in [9.17, 15) is 4.79 Å². The fourth-order valence-corrected chi connectivity index (χ4v) is 1.97. The highest BCUT2D eigenvalue weighted by Gasteiger charge is 2.25. The molecule has 2 rings (SSSR count). The molecule has 0 bridgehead atoms. The van der Waals surface area contributed by atoms with Crippen molar-refractivity contribution < 1.29 is 4.79 Å². The van der Waals surface area contributed by atoms with Gasteiger partial charge in [0.2, 0.25) is 0 Å². The summed E-state index contributed by atoms with van der Waals surface area (Å²) in [7, 11) is 0. The van der Waals surface area contributed by atoms with Crippen LogP contribution in [-0.2, 0) is 0 Å². The van der Waals surface area contributed by atoms with Gasteiger partial charge in [0.05, 0.1) is 0 Å². The van der Waals surface area contributed by atoms with Crippen molar-refractivity contribution in [2.75, 3.05) is 26.2 Å². The maximum absolute atomic E-state index is 11.8. The Hall–Kier alpha value is -0.730. The number of hydrogen-bond donors (Lipinski definition) is 0. The molecule has 3 heteroatoms. The summed E-state index contributed by atoms with van der Waals surface area (Å²) in [6.45, 7) is 3.93. The summed E-state index contributed by atoms with van der Waals surface area (Å²) in [6.07, 6.45) is 6.17. The van der Waals surface area contributed by atoms with Gasteiger partial charge in [0.25, 0.3) is 0 Å². The molecule has 0 radical (unpaired) electrons. The van der Waals surface area contributed by atoms with Crippen molar-refractivity contribution in [1.82, 2.24) is 9.80 Å². The molecule has 2 amide bonds. The van der Waals surface area contributed by atoms with Crippen molar-refractivity contribution in [1.29, 1.82) is 0 Å². The van der Waals surface area contributed by atoms with Crippen LogP contribution in [0.4, 0.5) is 4.79 Å². The molecule has 0 N–H and O–H groups in total. The van der Waals surface area contributed by atoms with Crippen molar-refractivity contribution in [2.45, 2.75) is 32.1 Å². The highest BCUT2D eigenvalue weighted by Crippen LogP contribution is 2.14. The fourth-order valence-electron chi connectivity index (χ4n) is 1.97. The molecule has 13 heavy (non-hydrogen) atoms. The summed E-state index contributed by atoms with van der Waals surface area (Å²) >= 11 is 0. The Balaban J connectivity index is 1.85. The fraction of sp³-hybridized carbons (Fsp3) is 0.900. The summed E-state index contributed by atoms with van der Waals surface area (Å²) in [5.41, 5.74) is 0. The molecule has 0 aromatic rings. The van der Waals surface area contributed by atoms with E-state index in [1.165, 1.54) is 32.1 Å². The van der Waals surface area contributed by atoms with E-state index in [0.717, 1.165) is 26.2 Å². The van der Waals surface area contributed by atoms with Gasteiger partial charge in [-0.25, -0.2) is 4.79 Å². The molecular formula is C10H18N2O. The molecule has 2 fully saturated rings. The van der Waals surface area contributed by atoms with Gasteiger partial charge in [-0.05, 0) is 19.3 Å². The molecule has 3 nitrogen and oxygen atoms in total. The zero-order chi connectivity index (χ0) is 9.10. The van der Waals surface area contributed by atoms with Crippen LogP contribution in [0.3, 0.4) is 0 Å². The van der Waals surface area contributed by atoms with E-state index >= 15 is 0 Å². The van der Waals surface area contributed by atoms with E-state index in [2.05, 4.69) is 0 Å². The van der Waals surface area contributed by atoms with Crippen molar-refractivity contribution in [3.63, 3.8) is 0 Å². The van der Waals surface area contributed by atoms with Gasteiger partial charge in [-0.15, -0.1) is 0 Å². The number of amides is 2. The van der Waals surface area contributed by atoms with Crippen LogP contribution in [0.15, 0.2) is 0 Å². The van der Waals surface area contributed by atoms with E-state index < -0.39 is 0 Å². The number of rotatable bonds is 0. The van der Waals surface area contributed by atoms with Gasteiger partial charge >= 0.3 is 6.03 Å². The topological polar surface area (TPSA) is 23.6 Å². The zero-order valence-electron chi connectivity index (χ0n) is 8.17. The zero-order valence-corrected chi connectivity index (χ0v) is 8.17. The van der Waals surface area contributed by atoms with Crippen LogP contribution in [0.5, 0.6) is 0 Å². The summed E-state index contributed by atoms with van der Waals surface area (Å²) in [5.74, 6) is 0. The van der Waals surface area contributed by atoms with E-state index in [-0.39, 0.29) is 6.03 Å². The average Bonchev–Trinajstić information content (AvgIpc) is 2.27. The number of likely N-dealkylation sites (tertiary alicyclic amines) is 2. The standard InChI is InChI=1S/C10H18N2O/c13-10(12-8-5-9-12)11-6-3-1-2-4-7-11/h1-9H2. The molecule has 2 saturated heterocycles. The van der Waals surface area contributed by atoms with Crippen LogP contribution in [-0.4, -0.2) is 42.0 Å². The van der Waals surface area contributed by atoms with E-state index in [1.807, 2.05) is 9.80 Å². The monoisotopic (exact) mass is 182 g/mol. The Labute approximate surface area is 79.7 Å². The van der Waals surface area contributed by atoms with Gasteiger partial charge in [-0.3, -0.25) is 0 Å². The minimum atomic E-state index is 0.285. The highest BCUT2D eigenvalue weighted by atomic mass is 16.2. The number of carbonyl (C=O) groups is 1. The average molecular weight is 182 g/mol. The lowest BCUT2D eigenvalue weighted by Gasteiger charge is -2.35. The summed E-state index contributed by atoms with van der Waals surface area (Å²) in [6, 6.07) is 0.285. The predicted octanol–water partition coefficient (Wildman–Crippen LogP) is 1.69. The first-order valence-corrected chi connectivity index (χ1v) is 5.42. The molecule has 0 atom stereocenters. The molecule has 74 valence electrons. The van der Waals surface area contributed by atoms with Gasteiger partial charge < -0.3 is 9.80 Å². The van der Waals surface area contributed by atoms with Crippen LogP contribution < -0.4 is 0 Å². The van der Waals surface area contributed by atoms with Gasteiger partial charge in [0, 0.05) is 26.2 Å². The van der Waals surface area contributed by atoms with Crippen molar-refractivity contribution >= 4 is 6.03 Å². The molecule has 2 aliphatic rings. The summed E-state index contributed by atoms with van der Waals surface area (Å²) < 4.78 is 0. The third-order valence-corrected chi connectivity index (χ3v) is 3.00. The second-order valence-electron chi connectivity index (χ2n) is 4.02. The first-order chi connectivity index (χ1) is 6.38. The minimum absolute atomic E-state index is 0.285. The smallest absolute Gasteiger partial charge is 0.319 e. The summed E-state index contributed by atoms with van der Waals surface area (Å²) in [4.78, 5) is 15.8. The first-order valence-electron chi connectivity index (χ1n) is 5.42. The number of hydrogen-bond acceptors (Lipinski definition) is 1. The van der Waals surface area contributed by atoms with Gasteiger partial charge in [-0.2, -0.15) is 0 Å². The number of nitrogens with zero attached hydrogens (tertiary/aromatic N) is 2. The van der Waals surface area contributed by atoms with Crippen LogP contribution >= 0.6 is 0 Å². The third-order valence-electron chi connectivity index (χ3n) is 3.00. The lowest BCUT2D eigenvalue weighted by Crippen LogP contribution is -2.49. The molecular weight excluding hydrogens is 164 g/mol. The van der Waals surface area contributed by atoms with Gasteiger partial charge in [-0.1, -0.05) is 12.8 Å². The van der Waals surface area contributed by atoms with E-state index in [1.54, 1.807) is 0 Å². The highest BCUT2D eigenvalue weighted by molar-refractivity contribution is 5.75. The number of carbonyl (C=O) groups excluding carboxylic acids is 1. The quantitative estimate of drug-likeness (QED) is 0.559. The van der Waals surface area contributed by atoms with Crippen LogP contribution in [0.25, 0.3) is 0 Å². The molecule has 2 aliphatic heterocycles. The molecule has 0 unspecified atom stereocenters. The summed E-state index contributed by atoms with van der Waals surface area (Å²) in [5, 5.41) is 0. The van der Waals surface area contributed by atoms with E-state index in [4.69, 9.17) is 0 Å². The first kappa shape index (κ1) is 8.85. The van der Waals surface area contributed by atoms with E-state index in [0.29, 0.717) is 0 Å². The van der Waals surface area contributed by atoms with Crippen molar-refractivity contribution in [2.24, 2.45) is 0 Å². The molecule has 2 heterocycles. The van der Waals surface area contributed by atoms with Crippen LogP contribution in [0.1, 0.15) is 32.1 Å². The minimum Gasteiger partial charge on any atom is -0.325 e.